The van der Waals surface area contributed by atoms with Crippen LogP contribution in [0.1, 0.15) is 37.8 Å². The lowest BCUT2D eigenvalue weighted by molar-refractivity contribution is 0.105. The van der Waals surface area contributed by atoms with Gasteiger partial charge in [0, 0.05) is 20.2 Å². The van der Waals surface area contributed by atoms with E-state index in [9.17, 15) is 8.42 Å². The van der Waals surface area contributed by atoms with Crippen LogP contribution >= 0.6 is 0 Å². The highest BCUT2D eigenvalue weighted by Gasteiger charge is 2.36. The number of methoxy groups -OCH3 is 3. The molecule has 2 rings (SSSR count). The summed E-state index contributed by atoms with van der Waals surface area (Å²) < 4.78 is 45.6. The van der Waals surface area contributed by atoms with Crippen molar-refractivity contribution in [3.8, 4) is 11.5 Å². The van der Waals surface area contributed by atoms with Crippen LogP contribution in [0.15, 0.2) is 61.2 Å². The molecule has 0 aliphatic heterocycles. The monoisotopic (exact) mass is 475 g/mol. The summed E-state index contributed by atoms with van der Waals surface area (Å²) in [7, 11) is 1.15. The minimum atomic E-state index is -3.67. The summed E-state index contributed by atoms with van der Waals surface area (Å²) in [4.78, 5) is 0. The molecule has 3 atom stereocenters. The van der Waals surface area contributed by atoms with Crippen molar-refractivity contribution in [1.82, 2.24) is 4.31 Å². The van der Waals surface area contributed by atoms with Crippen molar-refractivity contribution in [2.75, 3.05) is 21.3 Å². The fourth-order valence-electron chi connectivity index (χ4n) is 3.78. The Bertz CT molecular complexity index is 908. The lowest BCUT2D eigenvalue weighted by Gasteiger charge is -2.32. The summed E-state index contributed by atoms with van der Waals surface area (Å²) in [6, 6.07) is 15.0. The molecular formula is C26H37NO5S. The van der Waals surface area contributed by atoms with Crippen molar-refractivity contribution in [2.24, 2.45) is 5.92 Å². The zero-order valence-corrected chi connectivity index (χ0v) is 21.2. The van der Waals surface area contributed by atoms with Crippen LogP contribution in [0.5, 0.6) is 11.5 Å². The second-order valence-electron chi connectivity index (χ2n) is 8.33. The molecule has 0 saturated carbocycles. The van der Waals surface area contributed by atoms with Crippen LogP contribution in [-0.2, 0) is 27.8 Å². The SMILES string of the molecule is C=CC[C@H](C)[C@@H](C[C@@H](C)OC)S(=O)(=O)N(Cc1ccc(OC)cc1)Cc1ccc(OC)cc1. The van der Waals surface area contributed by atoms with Gasteiger partial charge in [0.05, 0.1) is 25.6 Å². The predicted octanol–water partition coefficient (Wildman–Crippen LogP) is 5.04. The summed E-state index contributed by atoms with van der Waals surface area (Å²) in [5.74, 6) is 1.36. The second kappa shape index (κ2) is 12.8. The van der Waals surface area contributed by atoms with Gasteiger partial charge in [-0.3, -0.25) is 0 Å². The lowest BCUT2D eigenvalue weighted by atomic mass is 9.99. The summed E-state index contributed by atoms with van der Waals surface area (Å²) in [6.45, 7) is 8.20. The minimum absolute atomic E-state index is 0.0978. The number of hydrogen-bond acceptors (Lipinski definition) is 5. The molecule has 0 radical (unpaired) electrons. The van der Waals surface area contributed by atoms with Gasteiger partial charge in [-0.1, -0.05) is 37.3 Å². The van der Waals surface area contributed by atoms with Gasteiger partial charge in [-0.2, -0.15) is 4.31 Å². The molecule has 0 aromatic heterocycles. The van der Waals surface area contributed by atoms with Gasteiger partial charge in [0.1, 0.15) is 11.5 Å². The Morgan fingerprint density at radius 1 is 0.879 bits per heavy atom. The molecule has 33 heavy (non-hydrogen) atoms. The summed E-state index contributed by atoms with van der Waals surface area (Å²) in [6.07, 6.45) is 2.62. The van der Waals surface area contributed by atoms with E-state index in [1.54, 1.807) is 31.7 Å². The number of rotatable bonds is 14. The fourth-order valence-corrected chi connectivity index (χ4v) is 6.04. The first-order valence-electron chi connectivity index (χ1n) is 11.1. The Labute approximate surface area is 199 Å². The maximum Gasteiger partial charge on any atom is 0.217 e. The Hall–Kier alpha value is -2.35. The average molecular weight is 476 g/mol. The quantitative estimate of drug-likeness (QED) is 0.358. The fraction of sp³-hybridized carbons (Fsp3) is 0.462. The van der Waals surface area contributed by atoms with Gasteiger partial charge in [0.15, 0.2) is 0 Å². The zero-order chi connectivity index (χ0) is 24.4. The van der Waals surface area contributed by atoms with E-state index in [0.29, 0.717) is 12.8 Å². The molecule has 2 aromatic rings. The highest BCUT2D eigenvalue weighted by Crippen LogP contribution is 2.28. The van der Waals surface area contributed by atoms with Gasteiger partial charge in [0.2, 0.25) is 10.0 Å². The molecule has 6 nitrogen and oxygen atoms in total. The van der Waals surface area contributed by atoms with E-state index in [0.717, 1.165) is 22.6 Å². The van der Waals surface area contributed by atoms with Crippen molar-refractivity contribution in [3.63, 3.8) is 0 Å². The third-order valence-corrected chi connectivity index (χ3v) is 8.32. The third kappa shape index (κ3) is 7.59. The Morgan fingerprint density at radius 2 is 1.33 bits per heavy atom. The topological polar surface area (TPSA) is 65.1 Å². The molecule has 0 spiro atoms. The largest absolute Gasteiger partial charge is 0.497 e. The normalized spacial score (nSPS) is 14.5. The van der Waals surface area contributed by atoms with Crippen LogP contribution in [0, 0.1) is 5.92 Å². The van der Waals surface area contributed by atoms with Crippen LogP contribution in [0.4, 0.5) is 0 Å². The Morgan fingerprint density at radius 3 is 1.70 bits per heavy atom. The maximum atomic E-state index is 14.0. The lowest BCUT2D eigenvalue weighted by Crippen LogP contribution is -2.42. The number of allylic oxidation sites excluding steroid dienone is 1. The second-order valence-corrected chi connectivity index (χ2v) is 10.5. The molecule has 182 valence electrons. The van der Waals surface area contributed by atoms with Crippen LogP contribution in [0.3, 0.4) is 0 Å². The number of nitrogens with zero attached hydrogens (tertiary/aromatic N) is 1. The molecule has 7 heteroatoms. The highest BCUT2D eigenvalue weighted by atomic mass is 32.2. The van der Waals surface area contributed by atoms with Gasteiger partial charge >= 0.3 is 0 Å². The van der Waals surface area contributed by atoms with Gasteiger partial charge in [0.25, 0.3) is 0 Å². The molecular weight excluding hydrogens is 438 g/mol. The van der Waals surface area contributed by atoms with E-state index in [1.807, 2.05) is 62.4 Å². The van der Waals surface area contributed by atoms with Gasteiger partial charge < -0.3 is 14.2 Å². The van der Waals surface area contributed by atoms with Gasteiger partial charge in [-0.05, 0) is 61.1 Å². The van der Waals surface area contributed by atoms with Crippen molar-refractivity contribution >= 4 is 10.0 Å². The van der Waals surface area contributed by atoms with E-state index in [4.69, 9.17) is 14.2 Å². The molecule has 0 aliphatic rings. The molecule has 0 unspecified atom stereocenters. The molecule has 0 bridgehead atoms. The van der Waals surface area contributed by atoms with Crippen LogP contribution in [-0.4, -0.2) is 45.4 Å². The van der Waals surface area contributed by atoms with Gasteiger partial charge in [-0.15, -0.1) is 6.58 Å². The van der Waals surface area contributed by atoms with Crippen LogP contribution in [0.25, 0.3) is 0 Å². The molecule has 0 heterocycles. The minimum Gasteiger partial charge on any atom is -0.497 e. The summed E-state index contributed by atoms with van der Waals surface area (Å²) in [5.41, 5.74) is 1.78. The van der Waals surface area contributed by atoms with Crippen molar-refractivity contribution in [3.05, 3.63) is 72.3 Å². The van der Waals surface area contributed by atoms with Crippen molar-refractivity contribution < 1.29 is 22.6 Å². The summed E-state index contributed by atoms with van der Waals surface area (Å²) in [5, 5.41) is -0.595. The Balaban J connectivity index is 2.44. The molecule has 0 aliphatic carbocycles. The molecule has 0 fully saturated rings. The molecule has 0 N–H and O–H groups in total. The first-order chi connectivity index (χ1) is 15.7. The van der Waals surface area contributed by atoms with Crippen LogP contribution < -0.4 is 9.47 Å². The zero-order valence-electron chi connectivity index (χ0n) is 20.4. The standard InChI is InChI=1S/C26H37NO5S/c1-7-8-20(2)26(17-21(3)30-4)33(28,29)27(18-22-9-13-24(31-5)14-10-22)19-23-11-15-25(32-6)16-12-23/h7,9-16,20-21,26H,1,8,17-19H2,2-6H3/t20-,21+,26+/m0/s1. The van der Waals surface area contributed by atoms with E-state index >= 15 is 0 Å². The molecule has 0 amide bonds. The first kappa shape index (κ1) is 26.9. The van der Waals surface area contributed by atoms with E-state index < -0.39 is 15.3 Å². The first-order valence-corrected chi connectivity index (χ1v) is 12.6. The Kier molecular flexibility index (Phi) is 10.4. The van der Waals surface area contributed by atoms with Crippen molar-refractivity contribution in [1.29, 1.82) is 0 Å². The number of hydrogen-bond donors (Lipinski definition) is 0. The summed E-state index contributed by atoms with van der Waals surface area (Å²) >= 11 is 0. The average Bonchev–Trinajstić information content (AvgIpc) is 2.82. The van der Waals surface area contributed by atoms with E-state index in [1.165, 1.54) is 0 Å². The number of ether oxygens (including phenoxy) is 3. The molecule has 2 aromatic carbocycles. The third-order valence-electron chi connectivity index (χ3n) is 5.92. The van der Waals surface area contributed by atoms with Crippen molar-refractivity contribution in [2.45, 2.75) is 51.1 Å². The van der Waals surface area contributed by atoms with E-state index in [-0.39, 0.29) is 25.1 Å². The number of benzene rings is 2. The number of sulfonamides is 1. The smallest absolute Gasteiger partial charge is 0.217 e. The highest BCUT2D eigenvalue weighted by molar-refractivity contribution is 7.89. The van der Waals surface area contributed by atoms with E-state index in [2.05, 4.69) is 6.58 Å². The van der Waals surface area contributed by atoms with Gasteiger partial charge in [-0.25, -0.2) is 8.42 Å². The predicted molar refractivity (Wildman–Crippen MR) is 133 cm³/mol. The maximum absolute atomic E-state index is 14.0. The molecule has 0 saturated heterocycles. The van der Waals surface area contributed by atoms with Crippen LogP contribution in [0.2, 0.25) is 0 Å².